The van der Waals surface area contributed by atoms with Gasteiger partial charge in [0.25, 0.3) is 11.6 Å². The SMILES string of the molecule is Nc1cccc[nH+]1.Nc1cccc[nH+]1.O=C([O-])c1ccc(C(=O)[O-])cc1. The Labute approximate surface area is 149 Å². The minimum atomic E-state index is -1.33. The molecular formula is C18H18N4O4. The van der Waals surface area contributed by atoms with Gasteiger partial charge in [0.2, 0.25) is 0 Å². The molecule has 0 aliphatic carbocycles. The van der Waals surface area contributed by atoms with E-state index in [1.165, 1.54) is 0 Å². The van der Waals surface area contributed by atoms with Crippen LogP contribution in [0.3, 0.4) is 0 Å². The number of carboxylic acid groups (broad SMARTS) is 2. The number of carboxylic acids is 2. The van der Waals surface area contributed by atoms with Crippen LogP contribution in [-0.4, -0.2) is 11.9 Å². The Hall–Kier alpha value is -3.94. The minimum absolute atomic E-state index is 0.0556. The van der Waals surface area contributed by atoms with Gasteiger partial charge < -0.3 is 19.8 Å². The predicted octanol–water partition coefficient (Wildman–Crippen LogP) is -1.42. The quantitative estimate of drug-likeness (QED) is 0.574. The lowest BCUT2D eigenvalue weighted by Crippen LogP contribution is -2.24. The fraction of sp³-hybridized carbons (Fsp3) is 0. The molecule has 0 spiro atoms. The summed E-state index contributed by atoms with van der Waals surface area (Å²) in [7, 11) is 0. The van der Waals surface area contributed by atoms with Crippen molar-refractivity contribution in [3.05, 3.63) is 84.2 Å². The molecule has 0 aliphatic heterocycles. The van der Waals surface area contributed by atoms with E-state index in [4.69, 9.17) is 11.5 Å². The van der Waals surface area contributed by atoms with Crippen molar-refractivity contribution in [2.24, 2.45) is 0 Å². The highest BCUT2D eigenvalue weighted by atomic mass is 16.4. The highest BCUT2D eigenvalue weighted by Gasteiger charge is 1.94. The number of rotatable bonds is 2. The van der Waals surface area contributed by atoms with Crippen LogP contribution in [0.2, 0.25) is 0 Å². The number of benzene rings is 1. The Morgan fingerprint density at radius 1 is 0.654 bits per heavy atom. The number of anilines is 2. The Morgan fingerprint density at radius 2 is 1.00 bits per heavy atom. The van der Waals surface area contributed by atoms with E-state index in [1.807, 2.05) is 24.3 Å². The van der Waals surface area contributed by atoms with Crippen molar-refractivity contribution in [3.8, 4) is 0 Å². The highest BCUT2D eigenvalue weighted by Crippen LogP contribution is 2.01. The molecule has 8 nitrogen and oxygen atoms in total. The number of aromatic nitrogens is 2. The molecule has 0 aliphatic rings. The van der Waals surface area contributed by atoms with Gasteiger partial charge in [0.15, 0.2) is 0 Å². The summed E-state index contributed by atoms with van der Waals surface area (Å²) in [6.07, 6.45) is 3.57. The van der Waals surface area contributed by atoms with Crippen molar-refractivity contribution in [2.75, 3.05) is 11.5 Å². The first-order chi connectivity index (χ1) is 12.4. The van der Waals surface area contributed by atoms with E-state index < -0.39 is 11.9 Å². The van der Waals surface area contributed by atoms with Crippen molar-refractivity contribution >= 4 is 23.6 Å². The van der Waals surface area contributed by atoms with Crippen LogP contribution in [0, 0.1) is 0 Å². The van der Waals surface area contributed by atoms with Crippen LogP contribution >= 0.6 is 0 Å². The van der Waals surface area contributed by atoms with Gasteiger partial charge in [-0.1, -0.05) is 36.4 Å². The molecule has 2 heterocycles. The van der Waals surface area contributed by atoms with Crippen molar-refractivity contribution in [3.63, 3.8) is 0 Å². The van der Waals surface area contributed by atoms with Crippen molar-refractivity contribution in [1.29, 1.82) is 0 Å². The molecular weight excluding hydrogens is 336 g/mol. The van der Waals surface area contributed by atoms with Gasteiger partial charge in [-0.25, -0.2) is 9.97 Å². The number of aromatic amines is 2. The Balaban J connectivity index is 0.000000207. The zero-order valence-corrected chi connectivity index (χ0v) is 13.7. The van der Waals surface area contributed by atoms with Crippen LogP contribution in [0.1, 0.15) is 20.7 Å². The Kier molecular flexibility index (Phi) is 8.32. The minimum Gasteiger partial charge on any atom is -0.545 e. The van der Waals surface area contributed by atoms with Gasteiger partial charge in [0, 0.05) is 12.1 Å². The third kappa shape index (κ3) is 8.06. The summed E-state index contributed by atoms with van der Waals surface area (Å²) >= 11 is 0. The average molecular weight is 354 g/mol. The molecule has 26 heavy (non-hydrogen) atoms. The number of hydrogen-bond acceptors (Lipinski definition) is 6. The van der Waals surface area contributed by atoms with E-state index >= 15 is 0 Å². The smallest absolute Gasteiger partial charge is 0.269 e. The molecule has 0 saturated carbocycles. The molecule has 0 unspecified atom stereocenters. The van der Waals surface area contributed by atoms with Crippen LogP contribution in [0.25, 0.3) is 0 Å². The topological polar surface area (TPSA) is 161 Å². The molecule has 0 saturated heterocycles. The third-order valence-corrected chi connectivity index (χ3v) is 2.82. The van der Waals surface area contributed by atoms with Crippen molar-refractivity contribution in [2.45, 2.75) is 0 Å². The van der Waals surface area contributed by atoms with Gasteiger partial charge in [-0.2, -0.15) is 0 Å². The summed E-state index contributed by atoms with van der Waals surface area (Å²) in [4.78, 5) is 26.0. The summed E-state index contributed by atoms with van der Waals surface area (Å²) in [6, 6.07) is 15.8. The number of aromatic carboxylic acids is 2. The molecule has 3 rings (SSSR count). The monoisotopic (exact) mass is 354 g/mol. The van der Waals surface area contributed by atoms with Gasteiger partial charge in [0.1, 0.15) is 0 Å². The predicted molar refractivity (Wildman–Crippen MR) is 89.9 cm³/mol. The standard InChI is InChI=1S/C8H6O4.2C5H6N2/c9-7(10)5-1-2-6(4-3-5)8(11)12;2*6-5-3-1-2-4-7-5/h1-4H,(H,9,10)(H,11,12);2*1-4H,(H2,6,7). The summed E-state index contributed by atoms with van der Waals surface area (Å²) < 4.78 is 0. The maximum Gasteiger partial charge on any atom is 0.269 e. The summed E-state index contributed by atoms with van der Waals surface area (Å²) in [5.74, 6) is -1.27. The molecule has 0 fully saturated rings. The maximum atomic E-state index is 10.2. The van der Waals surface area contributed by atoms with Crippen LogP contribution in [0.4, 0.5) is 11.6 Å². The van der Waals surface area contributed by atoms with E-state index in [-0.39, 0.29) is 11.1 Å². The lowest BCUT2D eigenvalue weighted by atomic mass is 10.1. The van der Waals surface area contributed by atoms with Gasteiger partial charge in [-0.15, -0.1) is 0 Å². The average Bonchev–Trinajstić information content (AvgIpc) is 2.64. The number of nitrogens with two attached hydrogens (primary N) is 2. The van der Waals surface area contributed by atoms with Crippen molar-refractivity contribution in [1.82, 2.24) is 0 Å². The zero-order chi connectivity index (χ0) is 19.4. The number of pyridine rings is 2. The first-order valence-corrected chi connectivity index (χ1v) is 7.37. The normalized spacial score (nSPS) is 8.92. The third-order valence-electron chi connectivity index (χ3n) is 2.82. The fourth-order valence-corrected chi connectivity index (χ4v) is 1.56. The Bertz CT molecular complexity index is 739. The second kappa shape index (κ2) is 10.8. The fourth-order valence-electron chi connectivity index (χ4n) is 1.56. The number of carbonyl (C=O) groups is 2. The molecule has 2 aromatic heterocycles. The largest absolute Gasteiger partial charge is 0.545 e. The molecule has 0 amide bonds. The van der Waals surface area contributed by atoms with E-state index in [0.717, 1.165) is 24.3 Å². The number of H-pyrrole nitrogens is 2. The second-order valence-corrected chi connectivity index (χ2v) is 4.79. The van der Waals surface area contributed by atoms with E-state index in [9.17, 15) is 19.8 Å². The number of carbonyl (C=O) groups excluding carboxylic acids is 2. The molecule has 0 atom stereocenters. The molecule has 134 valence electrons. The summed E-state index contributed by atoms with van der Waals surface area (Å²) in [5, 5.41) is 20.4. The van der Waals surface area contributed by atoms with Gasteiger partial charge in [-0.3, -0.25) is 11.5 Å². The van der Waals surface area contributed by atoms with Crippen LogP contribution in [0.5, 0.6) is 0 Å². The number of nitrogens with one attached hydrogen (secondary N) is 2. The van der Waals surface area contributed by atoms with Crippen molar-refractivity contribution < 1.29 is 29.8 Å². The summed E-state index contributed by atoms with van der Waals surface area (Å²) in [6.45, 7) is 0. The lowest BCUT2D eigenvalue weighted by molar-refractivity contribution is -0.360. The van der Waals surface area contributed by atoms with E-state index in [2.05, 4.69) is 9.97 Å². The van der Waals surface area contributed by atoms with Crippen LogP contribution in [0.15, 0.2) is 73.1 Å². The zero-order valence-electron chi connectivity index (χ0n) is 13.7. The van der Waals surface area contributed by atoms with E-state index in [1.54, 1.807) is 24.5 Å². The molecule has 6 N–H and O–H groups in total. The number of nitrogen functional groups attached to an aromatic ring is 2. The molecule has 3 aromatic rings. The number of hydrogen-bond donors (Lipinski definition) is 2. The van der Waals surface area contributed by atoms with Crippen LogP contribution < -0.4 is 31.6 Å². The second-order valence-electron chi connectivity index (χ2n) is 4.79. The lowest BCUT2D eigenvalue weighted by Gasteiger charge is -2.04. The van der Waals surface area contributed by atoms with Gasteiger partial charge in [-0.05, 0) is 23.3 Å². The first kappa shape index (κ1) is 20.1. The highest BCUT2D eigenvalue weighted by molar-refractivity contribution is 5.89. The van der Waals surface area contributed by atoms with Gasteiger partial charge in [0.05, 0.1) is 24.3 Å². The molecule has 1 aromatic carbocycles. The molecule has 8 heteroatoms. The van der Waals surface area contributed by atoms with E-state index in [0.29, 0.717) is 11.6 Å². The molecule has 0 bridgehead atoms. The maximum absolute atomic E-state index is 10.2. The van der Waals surface area contributed by atoms with Crippen LogP contribution in [-0.2, 0) is 0 Å². The Morgan fingerprint density at radius 3 is 1.15 bits per heavy atom. The molecule has 0 radical (unpaired) electrons. The van der Waals surface area contributed by atoms with Gasteiger partial charge >= 0.3 is 0 Å². The first-order valence-electron chi connectivity index (χ1n) is 7.37. The summed E-state index contributed by atoms with van der Waals surface area (Å²) in [5.41, 5.74) is 10.5.